The zero-order chi connectivity index (χ0) is 10.9. The van der Waals surface area contributed by atoms with Crippen LogP contribution in [0.3, 0.4) is 0 Å². The predicted octanol–water partition coefficient (Wildman–Crippen LogP) is 3.66. The minimum absolute atomic E-state index is 0.938. The van der Waals surface area contributed by atoms with Crippen LogP contribution in [0.5, 0.6) is 0 Å². The fourth-order valence-electron chi connectivity index (χ4n) is 1.50. The smallest absolute Gasteiger partial charge is 0.0352 e. The first-order chi connectivity index (χ1) is 7.36. The van der Waals surface area contributed by atoms with Crippen LogP contribution in [0.25, 0.3) is 0 Å². The number of nitrogens with one attached hydrogen (secondary N) is 1. The highest BCUT2D eigenvalue weighted by Crippen LogP contribution is 2.10. The van der Waals surface area contributed by atoms with Crippen molar-refractivity contribution in [3.63, 3.8) is 0 Å². The second-order valence-electron chi connectivity index (χ2n) is 3.71. The highest BCUT2D eigenvalue weighted by Gasteiger charge is 1.92. The van der Waals surface area contributed by atoms with E-state index in [0.717, 1.165) is 17.8 Å². The monoisotopic (exact) mass is 201 g/mol. The van der Waals surface area contributed by atoms with Gasteiger partial charge in [0.05, 0.1) is 0 Å². The first-order valence-electron chi connectivity index (χ1n) is 5.67. The lowest BCUT2D eigenvalue weighted by atomic mass is 10.2. The van der Waals surface area contributed by atoms with Gasteiger partial charge in [-0.2, -0.15) is 0 Å². The molecule has 0 unspecified atom stereocenters. The molecule has 1 aromatic carbocycles. The van der Waals surface area contributed by atoms with Crippen molar-refractivity contribution in [3.8, 4) is 12.3 Å². The van der Waals surface area contributed by atoms with Crippen LogP contribution in [0, 0.1) is 12.3 Å². The van der Waals surface area contributed by atoms with Gasteiger partial charge >= 0.3 is 0 Å². The molecule has 0 fully saturated rings. The van der Waals surface area contributed by atoms with E-state index >= 15 is 0 Å². The molecule has 1 nitrogen and oxygen atoms in total. The van der Waals surface area contributed by atoms with Gasteiger partial charge in [0.1, 0.15) is 0 Å². The van der Waals surface area contributed by atoms with E-state index in [1.807, 2.05) is 18.2 Å². The number of unbranched alkanes of at least 4 members (excludes halogenated alkanes) is 3. The van der Waals surface area contributed by atoms with Crippen molar-refractivity contribution in [2.75, 3.05) is 11.9 Å². The van der Waals surface area contributed by atoms with Crippen LogP contribution in [0.15, 0.2) is 24.3 Å². The molecule has 1 aromatic rings. The van der Waals surface area contributed by atoms with Crippen molar-refractivity contribution in [2.45, 2.75) is 32.6 Å². The minimum Gasteiger partial charge on any atom is -0.385 e. The van der Waals surface area contributed by atoms with Crippen LogP contribution in [-0.2, 0) is 0 Å². The number of benzene rings is 1. The van der Waals surface area contributed by atoms with E-state index in [1.54, 1.807) is 0 Å². The van der Waals surface area contributed by atoms with E-state index in [4.69, 9.17) is 6.42 Å². The van der Waals surface area contributed by atoms with Gasteiger partial charge in [-0.05, 0) is 24.6 Å². The summed E-state index contributed by atoms with van der Waals surface area (Å²) in [6.07, 6.45) is 10.5. The summed E-state index contributed by atoms with van der Waals surface area (Å²) in [6, 6.07) is 8.01. The summed E-state index contributed by atoms with van der Waals surface area (Å²) in [5.41, 5.74) is 2.07. The molecular formula is C14H19N. The topological polar surface area (TPSA) is 12.0 Å². The molecule has 0 aromatic heterocycles. The molecule has 1 N–H and O–H groups in total. The molecular weight excluding hydrogens is 182 g/mol. The summed E-state index contributed by atoms with van der Waals surface area (Å²) < 4.78 is 0. The number of anilines is 1. The Morgan fingerprint density at radius 2 is 2.13 bits per heavy atom. The van der Waals surface area contributed by atoms with Crippen molar-refractivity contribution in [1.82, 2.24) is 0 Å². The van der Waals surface area contributed by atoms with Gasteiger partial charge in [-0.3, -0.25) is 0 Å². The summed E-state index contributed by atoms with van der Waals surface area (Å²) >= 11 is 0. The Hall–Kier alpha value is -1.42. The van der Waals surface area contributed by atoms with Crippen molar-refractivity contribution >= 4 is 5.69 Å². The third kappa shape index (κ3) is 4.56. The van der Waals surface area contributed by atoms with Crippen molar-refractivity contribution < 1.29 is 0 Å². The van der Waals surface area contributed by atoms with Crippen molar-refractivity contribution in [2.24, 2.45) is 0 Å². The Bertz CT molecular complexity index is 322. The summed E-state index contributed by atoms with van der Waals surface area (Å²) in [4.78, 5) is 0. The van der Waals surface area contributed by atoms with Gasteiger partial charge in [-0.25, -0.2) is 0 Å². The molecule has 0 bridgehead atoms. The quantitative estimate of drug-likeness (QED) is 0.547. The molecule has 0 spiro atoms. The van der Waals surface area contributed by atoms with Crippen LogP contribution >= 0.6 is 0 Å². The molecule has 0 radical (unpaired) electrons. The predicted molar refractivity (Wildman–Crippen MR) is 67.0 cm³/mol. The van der Waals surface area contributed by atoms with Crippen LogP contribution in [0.4, 0.5) is 5.69 Å². The Morgan fingerprint density at radius 3 is 2.87 bits per heavy atom. The third-order valence-electron chi connectivity index (χ3n) is 2.39. The fraction of sp³-hybridized carbons (Fsp3) is 0.429. The molecule has 1 heteroatoms. The summed E-state index contributed by atoms with van der Waals surface area (Å²) in [7, 11) is 0. The molecule has 15 heavy (non-hydrogen) atoms. The molecule has 1 rings (SSSR count). The van der Waals surface area contributed by atoms with Crippen LogP contribution in [-0.4, -0.2) is 6.54 Å². The zero-order valence-electron chi connectivity index (χ0n) is 9.42. The number of terminal acetylenes is 1. The number of hydrogen-bond acceptors (Lipinski definition) is 1. The van der Waals surface area contributed by atoms with Gasteiger partial charge in [0.2, 0.25) is 0 Å². The van der Waals surface area contributed by atoms with Gasteiger partial charge in [-0.1, -0.05) is 38.2 Å². The van der Waals surface area contributed by atoms with Crippen LogP contribution in [0.1, 0.15) is 38.2 Å². The molecule has 0 saturated heterocycles. The molecule has 0 amide bonds. The third-order valence-corrected chi connectivity index (χ3v) is 2.39. The van der Waals surface area contributed by atoms with Gasteiger partial charge in [0.25, 0.3) is 0 Å². The van der Waals surface area contributed by atoms with E-state index in [-0.39, 0.29) is 0 Å². The number of hydrogen-bond donors (Lipinski definition) is 1. The normalized spacial score (nSPS) is 9.60. The second kappa shape index (κ2) is 6.95. The average molecular weight is 201 g/mol. The molecule has 0 aliphatic carbocycles. The molecule has 0 aliphatic rings. The Labute approximate surface area is 92.9 Å². The maximum absolute atomic E-state index is 5.34. The lowest BCUT2D eigenvalue weighted by Gasteiger charge is -2.06. The van der Waals surface area contributed by atoms with Gasteiger partial charge < -0.3 is 5.32 Å². The summed E-state index contributed by atoms with van der Waals surface area (Å²) in [5, 5.41) is 3.38. The summed E-state index contributed by atoms with van der Waals surface area (Å²) in [6.45, 7) is 3.26. The lowest BCUT2D eigenvalue weighted by molar-refractivity contribution is 0.685. The zero-order valence-corrected chi connectivity index (χ0v) is 9.42. The largest absolute Gasteiger partial charge is 0.385 e. The Morgan fingerprint density at radius 1 is 1.27 bits per heavy atom. The second-order valence-corrected chi connectivity index (χ2v) is 3.71. The maximum Gasteiger partial charge on any atom is 0.0352 e. The molecule has 0 saturated carbocycles. The van der Waals surface area contributed by atoms with Crippen molar-refractivity contribution in [3.05, 3.63) is 29.8 Å². The first-order valence-corrected chi connectivity index (χ1v) is 5.67. The number of rotatable bonds is 6. The molecule has 0 heterocycles. The maximum atomic E-state index is 5.34. The standard InChI is InChI=1S/C14H19N/c1-3-5-6-7-11-15-14-10-8-9-13(4-2)12-14/h2,8-10,12,15H,3,5-7,11H2,1H3. The van der Waals surface area contributed by atoms with E-state index in [2.05, 4.69) is 24.2 Å². The minimum atomic E-state index is 0.938. The van der Waals surface area contributed by atoms with Gasteiger partial charge in [-0.15, -0.1) is 6.42 Å². The SMILES string of the molecule is C#Cc1cccc(NCCCCCC)c1. The average Bonchev–Trinajstić information content (AvgIpc) is 2.29. The molecule has 80 valence electrons. The van der Waals surface area contributed by atoms with Gasteiger partial charge in [0, 0.05) is 17.8 Å². The highest BCUT2D eigenvalue weighted by atomic mass is 14.9. The Balaban J connectivity index is 2.28. The van der Waals surface area contributed by atoms with Crippen molar-refractivity contribution in [1.29, 1.82) is 0 Å². The molecule has 0 atom stereocenters. The van der Waals surface area contributed by atoms with E-state index in [9.17, 15) is 0 Å². The fourth-order valence-corrected chi connectivity index (χ4v) is 1.50. The Kier molecular flexibility index (Phi) is 5.40. The lowest BCUT2D eigenvalue weighted by Crippen LogP contribution is -2.01. The van der Waals surface area contributed by atoms with Gasteiger partial charge in [0.15, 0.2) is 0 Å². The van der Waals surface area contributed by atoms with E-state index in [1.165, 1.54) is 25.7 Å². The van der Waals surface area contributed by atoms with E-state index < -0.39 is 0 Å². The highest BCUT2D eigenvalue weighted by molar-refractivity contribution is 5.49. The van der Waals surface area contributed by atoms with E-state index in [0.29, 0.717) is 0 Å². The first kappa shape index (κ1) is 11.7. The van der Waals surface area contributed by atoms with Crippen LogP contribution < -0.4 is 5.32 Å². The van der Waals surface area contributed by atoms with Crippen LogP contribution in [0.2, 0.25) is 0 Å². The summed E-state index contributed by atoms with van der Waals surface area (Å²) in [5.74, 6) is 2.64. The molecule has 0 aliphatic heterocycles.